The van der Waals surface area contributed by atoms with Crippen molar-refractivity contribution in [2.75, 3.05) is 13.1 Å². The highest BCUT2D eigenvalue weighted by molar-refractivity contribution is 5.17. The Morgan fingerprint density at radius 3 is 2.47 bits per heavy atom. The van der Waals surface area contributed by atoms with Crippen molar-refractivity contribution < 1.29 is 4.74 Å². The van der Waals surface area contributed by atoms with Crippen LogP contribution in [-0.4, -0.2) is 30.3 Å². The van der Waals surface area contributed by atoms with Crippen LogP contribution in [0, 0.1) is 22.7 Å². The van der Waals surface area contributed by atoms with E-state index < -0.39 is 0 Å². The Labute approximate surface area is 117 Å². The van der Waals surface area contributed by atoms with Gasteiger partial charge in [-0.25, -0.2) is 0 Å². The highest BCUT2D eigenvalue weighted by Crippen LogP contribution is 2.71. The molecule has 0 aromatic rings. The van der Waals surface area contributed by atoms with Gasteiger partial charge in [-0.2, -0.15) is 0 Å². The fourth-order valence-corrected chi connectivity index (χ4v) is 5.94. The largest absolute Gasteiger partial charge is 0.359 e. The van der Waals surface area contributed by atoms with Gasteiger partial charge in [-0.15, -0.1) is 0 Å². The Hall–Kier alpha value is -0.0800. The third-order valence-corrected chi connectivity index (χ3v) is 7.48. The minimum Gasteiger partial charge on any atom is -0.359 e. The molecule has 108 valence electrons. The fraction of sp³-hybridized carbons (Fsp3) is 1.00. The maximum Gasteiger partial charge on any atom is 0.111 e. The summed E-state index contributed by atoms with van der Waals surface area (Å²) in [5.41, 5.74) is 0.933. The van der Waals surface area contributed by atoms with Crippen LogP contribution in [0.5, 0.6) is 0 Å². The topological polar surface area (TPSA) is 12.5 Å². The van der Waals surface area contributed by atoms with Gasteiger partial charge in [0, 0.05) is 13.1 Å². The molecule has 4 rings (SSSR count). The maximum absolute atomic E-state index is 6.62. The number of rotatable bonds is 1. The van der Waals surface area contributed by atoms with Gasteiger partial charge in [-0.1, -0.05) is 27.2 Å². The zero-order valence-electron chi connectivity index (χ0n) is 12.8. The van der Waals surface area contributed by atoms with E-state index in [1.54, 1.807) is 0 Å². The van der Waals surface area contributed by atoms with Crippen LogP contribution in [-0.2, 0) is 4.74 Å². The normalized spacial score (nSPS) is 52.6. The van der Waals surface area contributed by atoms with Crippen molar-refractivity contribution in [1.29, 1.82) is 0 Å². The van der Waals surface area contributed by atoms with E-state index in [0.717, 1.165) is 11.8 Å². The Morgan fingerprint density at radius 1 is 1.05 bits per heavy atom. The van der Waals surface area contributed by atoms with E-state index in [2.05, 4.69) is 25.7 Å². The van der Waals surface area contributed by atoms with Crippen molar-refractivity contribution in [3.8, 4) is 0 Å². The van der Waals surface area contributed by atoms with Gasteiger partial charge in [0.05, 0.1) is 6.10 Å². The highest BCUT2D eigenvalue weighted by Gasteiger charge is 2.69. The van der Waals surface area contributed by atoms with Crippen molar-refractivity contribution in [2.24, 2.45) is 22.7 Å². The molecule has 2 heteroatoms. The minimum atomic E-state index is 0.437. The van der Waals surface area contributed by atoms with Crippen molar-refractivity contribution in [3.05, 3.63) is 0 Å². The molecule has 19 heavy (non-hydrogen) atoms. The predicted octanol–water partition coefficient (Wildman–Crippen LogP) is 3.66. The van der Waals surface area contributed by atoms with Gasteiger partial charge in [0.25, 0.3) is 0 Å². The molecule has 4 fully saturated rings. The average Bonchev–Trinajstić information content (AvgIpc) is 2.97. The van der Waals surface area contributed by atoms with E-state index in [1.807, 2.05) is 0 Å². The van der Waals surface area contributed by atoms with Gasteiger partial charge in [0.15, 0.2) is 0 Å². The van der Waals surface area contributed by atoms with Crippen LogP contribution in [0.25, 0.3) is 0 Å². The van der Waals surface area contributed by atoms with E-state index in [1.165, 1.54) is 51.6 Å². The second kappa shape index (κ2) is 3.98. The lowest BCUT2D eigenvalue weighted by Gasteiger charge is -2.40. The first-order chi connectivity index (χ1) is 9.04. The van der Waals surface area contributed by atoms with E-state index >= 15 is 0 Å². The van der Waals surface area contributed by atoms with Gasteiger partial charge in [-0.05, 0) is 54.8 Å². The molecule has 5 atom stereocenters. The van der Waals surface area contributed by atoms with Crippen LogP contribution >= 0.6 is 0 Å². The molecule has 2 aliphatic heterocycles. The summed E-state index contributed by atoms with van der Waals surface area (Å²) in [5, 5.41) is 0. The number of ether oxygens (including phenoxy) is 1. The molecule has 4 aliphatic rings. The summed E-state index contributed by atoms with van der Waals surface area (Å²) >= 11 is 0. The summed E-state index contributed by atoms with van der Waals surface area (Å²) in [6.45, 7) is 10.1. The molecule has 2 aliphatic carbocycles. The van der Waals surface area contributed by atoms with Crippen molar-refractivity contribution in [2.45, 2.75) is 71.6 Å². The lowest BCUT2D eigenvalue weighted by Crippen LogP contribution is -2.42. The number of likely N-dealkylation sites (tertiary alicyclic amines) is 1. The van der Waals surface area contributed by atoms with Gasteiger partial charge >= 0.3 is 0 Å². The van der Waals surface area contributed by atoms with Gasteiger partial charge in [0.1, 0.15) is 6.23 Å². The molecule has 2 bridgehead atoms. The highest BCUT2D eigenvalue weighted by atomic mass is 16.5. The second-order valence-corrected chi connectivity index (χ2v) is 8.29. The number of hydrogen-bond donors (Lipinski definition) is 0. The number of piperidine rings is 1. The van der Waals surface area contributed by atoms with Gasteiger partial charge in [0.2, 0.25) is 0 Å². The predicted molar refractivity (Wildman–Crippen MR) is 76.8 cm³/mol. The molecule has 2 nitrogen and oxygen atoms in total. The van der Waals surface area contributed by atoms with Crippen molar-refractivity contribution in [1.82, 2.24) is 4.90 Å². The lowest BCUT2D eigenvalue weighted by molar-refractivity contribution is -0.111. The molecule has 0 aromatic carbocycles. The summed E-state index contributed by atoms with van der Waals surface area (Å²) in [4.78, 5) is 2.64. The van der Waals surface area contributed by atoms with Crippen LogP contribution in [0.4, 0.5) is 0 Å². The molecule has 0 aromatic heterocycles. The quantitative estimate of drug-likeness (QED) is 0.716. The van der Waals surface area contributed by atoms with Crippen molar-refractivity contribution in [3.63, 3.8) is 0 Å². The first-order valence-electron chi connectivity index (χ1n) is 8.43. The SMILES string of the molecule is CC1(C)[C@@H]2CC[C@@]1(C)[C@@H]1O[C@@H](N3CCCCC3)C[C@H]21. The van der Waals surface area contributed by atoms with Gasteiger partial charge < -0.3 is 4.74 Å². The Balaban J connectivity index is 1.55. The Morgan fingerprint density at radius 2 is 1.79 bits per heavy atom. The first kappa shape index (κ1) is 12.6. The first-order valence-corrected chi connectivity index (χ1v) is 8.43. The summed E-state index contributed by atoms with van der Waals surface area (Å²) in [6, 6.07) is 0. The van der Waals surface area contributed by atoms with Crippen LogP contribution < -0.4 is 0 Å². The van der Waals surface area contributed by atoms with E-state index in [0.29, 0.717) is 23.2 Å². The standard InChI is InChI=1S/C17H29NO/c1-16(2)13-7-8-17(16,3)15-12(13)11-14(19-15)18-9-5-4-6-10-18/h12-15H,4-11H2,1-3H3/t12-,13-,14-,15-,17+/m1/s1. The molecule has 0 spiro atoms. The lowest BCUT2D eigenvalue weighted by atomic mass is 9.70. The zero-order chi connectivity index (χ0) is 13.3. The Kier molecular flexibility index (Phi) is 2.65. The monoisotopic (exact) mass is 263 g/mol. The van der Waals surface area contributed by atoms with Crippen LogP contribution in [0.15, 0.2) is 0 Å². The molecular weight excluding hydrogens is 234 g/mol. The molecule has 2 saturated carbocycles. The molecule has 0 unspecified atom stereocenters. The third kappa shape index (κ3) is 1.51. The van der Waals surface area contributed by atoms with Gasteiger partial charge in [-0.3, -0.25) is 4.90 Å². The summed E-state index contributed by atoms with van der Waals surface area (Å²) in [6.07, 6.45) is 9.32. The summed E-state index contributed by atoms with van der Waals surface area (Å²) in [7, 11) is 0. The average molecular weight is 263 g/mol. The number of hydrogen-bond acceptors (Lipinski definition) is 2. The number of fused-ring (bicyclic) bond motifs is 5. The molecule has 2 saturated heterocycles. The number of nitrogens with zero attached hydrogens (tertiary/aromatic N) is 1. The fourth-order valence-electron chi connectivity index (χ4n) is 5.94. The zero-order valence-corrected chi connectivity index (χ0v) is 12.8. The minimum absolute atomic E-state index is 0.437. The van der Waals surface area contributed by atoms with Crippen LogP contribution in [0.1, 0.15) is 59.3 Å². The van der Waals surface area contributed by atoms with E-state index in [4.69, 9.17) is 4.74 Å². The molecular formula is C17H29NO. The smallest absolute Gasteiger partial charge is 0.111 e. The van der Waals surface area contributed by atoms with Crippen LogP contribution in [0.3, 0.4) is 0 Å². The summed E-state index contributed by atoms with van der Waals surface area (Å²) < 4.78 is 6.62. The van der Waals surface area contributed by atoms with E-state index in [-0.39, 0.29) is 0 Å². The van der Waals surface area contributed by atoms with Crippen LogP contribution in [0.2, 0.25) is 0 Å². The Bertz CT molecular complexity index is 373. The molecule has 0 N–H and O–H groups in total. The third-order valence-electron chi connectivity index (χ3n) is 7.48. The molecule has 2 heterocycles. The second-order valence-electron chi connectivity index (χ2n) is 8.29. The molecule has 0 radical (unpaired) electrons. The molecule has 0 amide bonds. The maximum atomic E-state index is 6.62. The van der Waals surface area contributed by atoms with E-state index in [9.17, 15) is 0 Å². The summed E-state index contributed by atoms with van der Waals surface area (Å²) in [5.74, 6) is 1.76. The van der Waals surface area contributed by atoms with Crippen molar-refractivity contribution >= 4 is 0 Å².